The third-order valence-electron chi connectivity index (χ3n) is 5.43. The van der Waals surface area contributed by atoms with E-state index in [0.717, 1.165) is 18.5 Å². The molecule has 2 amide bonds. The molecule has 1 aliphatic carbocycles. The maximum atomic E-state index is 12.8. The average molecular weight is 393 g/mol. The van der Waals surface area contributed by atoms with E-state index in [1.54, 1.807) is 29.2 Å². The molecule has 0 bridgehead atoms. The van der Waals surface area contributed by atoms with Crippen LogP contribution >= 0.6 is 0 Å². The predicted octanol–water partition coefficient (Wildman–Crippen LogP) is 2.85. The highest BCUT2D eigenvalue weighted by atomic mass is 16.4. The van der Waals surface area contributed by atoms with Gasteiger partial charge in [-0.1, -0.05) is 31.0 Å². The fraction of sp³-hybridized carbons (Fsp3) is 0.348. The van der Waals surface area contributed by atoms with Gasteiger partial charge >= 0.3 is 0 Å². The monoisotopic (exact) mass is 393 g/mol. The second-order valence-electron chi connectivity index (χ2n) is 7.27. The minimum Gasteiger partial charge on any atom is -0.550 e. The molecule has 1 aliphatic rings. The zero-order valence-electron chi connectivity index (χ0n) is 16.5. The van der Waals surface area contributed by atoms with Gasteiger partial charge in [0.25, 0.3) is 5.91 Å². The number of benzene rings is 2. The molecule has 3 rings (SSSR count). The standard InChI is InChI=1S/C23H26N2O4/c1-2-25(18-8-4-3-5-9-18)22(27)16-12-14-17(15-13-16)24-21(26)19-10-6-7-11-20(19)23(28)29/h3-5,8-9,12-15,19-20H,2,6-7,10-11H2,1H3,(H,24,26)(H,28,29)/p-1/t19-,20-/m1/s1. The Balaban J connectivity index is 1.69. The van der Waals surface area contributed by atoms with Crippen LogP contribution in [0.15, 0.2) is 54.6 Å². The van der Waals surface area contributed by atoms with Gasteiger partial charge in [0.05, 0.1) is 0 Å². The number of carboxylic acid groups (broad SMARTS) is 1. The van der Waals surface area contributed by atoms with E-state index in [2.05, 4.69) is 5.32 Å². The summed E-state index contributed by atoms with van der Waals surface area (Å²) in [6.07, 6.45) is 2.65. The Morgan fingerprint density at radius 2 is 1.59 bits per heavy atom. The molecule has 0 saturated heterocycles. The van der Waals surface area contributed by atoms with E-state index in [1.807, 2.05) is 37.3 Å². The summed E-state index contributed by atoms with van der Waals surface area (Å²) >= 11 is 0. The number of aliphatic carboxylic acids is 1. The number of para-hydroxylation sites is 1. The second-order valence-corrected chi connectivity index (χ2v) is 7.27. The number of carboxylic acids is 1. The summed E-state index contributed by atoms with van der Waals surface area (Å²) < 4.78 is 0. The van der Waals surface area contributed by atoms with Gasteiger partial charge in [-0.15, -0.1) is 0 Å². The smallest absolute Gasteiger partial charge is 0.258 e. The maximum Gasteiger partial charge on any atom is 0.258 e. The SMILES string of the molecule is CCN(C(=O)c1ccc(NC(=O)[C@@H]2CCCC[C@H]2C(=O)[O-])cc1)c1ccccc1. The highest BCUT2D eigenvalue weighted by Gasteiger charge is 2.31. The Hall–Kier alpha value is -3.15. The van der Waals surface area contributed by atoms with E-state index < -0.39 is 17.8 Å². The van der Waals surface area contributed by atoms with Crippen molar-refractivity contribution in [3.8, 4) is 0 Å². The Bertz CT molecular complexity index is 864. The quantitative estimate of drug-likeness (QED) is 0.817. The molecule has 0 heterocycles. The van der Waals surface area contributed by atoms with Gasteiger partial charge in [0, 0.05) is 41.3 Å². The molecule has 0 aliphatic heterocycles. The average Bonchev–Trinajstić information content (AvgIpc) is 2.75. The van der Waals surface area contributed by atoms with Crippen LogP contribution in [0.1, 0.15) is 43.0 Å². The molecule has 6 nitrogen and oxygen atoms in total. The van der Waals surface area contributed by atoms with E-state index in [9.17, 15) is 19.5 Å². The molecule has 29 heavy (non-hydrogen) atoms. The Morgan fingerprint density at radius 3 is 2.17 bits per heavy atom. The van der Waals surface area contributed by atoms with Crippen molar-refractivity contribution in [3.63, 3.8) is 0 Å². The third-order valence-corrected chi connectivity index (χ3v) is 5.43. The normalized spacial score (nSPS) is 18.7. The summed E-state index contributed by atoms with van der Waals surface area (Å²) in [5.74, 6) is -2.91. The molecule has 1 fully saturated rings. The van der Waals surface area contributed by atoms with Crippen molar-refractivity contribution in [1.29, 1.82) is 0 Å². The van der Waals surface area contributed by atoms with Crippen LogP contribution in [0.5, 0.6) is 0 Å². The lowest BCUT2D eigenvalue weighted by molar-refractivity contribution is -0.313. The van der Waals surface area contributed by atoms with Crippen LogP contribution in [0, 0.1) is 11.8 Å². The zero-order chi connectivity index (χ0) is 20.8. The van der Waals surface area contributed by atoms with E-state index in [1.165, 1.54) is 0 Å². The van der Waals surface area contributed by atoms with Crippen LogP contribution in [0.25, 0.3) is 0 Å². The number of hydrogen-bond acceptors (Lipinski definition) is 4. The Labute approximate surface area is 170 Å². The first-order valence-electron chi connectivity index (χ1n) is 10.00. The first-order chi connectivity index (χ1) is 14.0. The summed E-state index contributed by atoms with van der Waals surface area (Å²) in [7, 11) is 0. The molecule has 0 aromatic heterocycles. The fourth-order valence-electron chi connectivity index (χ4n) is 3.87. The van der Waals surface area contributed by atoms with Crippen LogP contribution in [0.2, 0.25) is 0 Å². The number of nitrogens with zero attached hydrogens (tertiary/aromatic N) is 1. The van der Waals surface area contributed by atoms with Gasteiger partial charge in [-0.05, 0) is 56.2 Å². The highest BCUT2D eigenvalue weighted by molar-refractivity contribution is 6.06. The van der Waals surface area contributed by atoms with E-state index >= 15 is 0 Å². The molecule has 1 N–H and O–H groups in total. The number of anilines is 2. The van der Waals surface area contributed by atoms with Crippen molar-refractivity contribution < 1.29 is 19.5 Å². The van der Waals surface area contributed by atoms with Crippen molar-refractivity contribution in [2.75, 3.05) is 16.8 Å². The van der Waals surface area contributed by atoms with Gasteiger partial charge in [0.2, 0.25) is 5.91 Å². The van der Waals surface area contributed by atoms with Crippen molar-refractivity contribution >= 4 is 29.2 Å². The van der Waals surface area contributed by atoms with Crippen molar-refractivity contribution in [2.45, 2.75) is 32.6 Å². The molecule has 6 heteroatoms. The first-order valence-corrected chi connectivity index (χ1v) is 10.00. The van der Waals surface area contributed by atoms with Crippen LogP contribution in [-0.2, 0) is 9.59 Å². The predicted molar refractivity (Wildman–Crippen MR) is 109 cm³/mol. The summed E-state index contributed by atoms with van der Waals surface area (Å²) in [5.41, 5.74) is 1.87. The first kappa shape index (κ1) is 20.6. The van der Waals surface area contributed by atoms with E-state index in [0.29, 0.717) is 30.6 Å². The molecule has 0 unspecified atom stereocenters. The Kier molecular flexibility index (Phi) is 6.65. The molecule has 0 spiro atoms. The highest BCUT2D eigenvalue weighted by Crippen LogP contribution is 2.31. The summed E-state index contributed by atoms with van der Waals surface area (Å²) in [5, 5.41) is 14.1. The second kappa shape index (κ2) is 9.37. The summed E-state index contributed by atoms with van der Waals surface area (Å²) in [6, 6.07) is 16.1. The number of carbonyl (C=O) groups is 3. The van der Waals surface area contributed by atoms with Crippen LogP contribution in [0.4, 0.5) is 11.4 Å². The van der Waals surface area contributed by atoms with Crippen molar-refractivity contribution in [3.05, 3.63) is 60.2 Å². The summed E-state index contributed by atoms with van der Waals surface area (Å²) in [6.45, 7) is 2.45. The largest absolute Gasteiger partial charge is 0.550 e. The lowest BCUT2D eigenvalue weighted by Crippen LogP contribution is -2.42. The summed E-state index contributed by atoms with van der Waals surface area (Å²) in [4.78, 5) is 38.4. The maximum absolute atomic E-state index is 12.8. The van der Waals surface area contributed by atoms with Gasteiger partial charge in [0.1, 0.15) is 0 Å². The lowest BCUT2D eigenvalue weighted by Gasteiger charge is -2.31. The van der Waals surface area contributed by atoms with Gasteiger partial charge in [0.15, 0.2) is 0 Å². The third kappa shape index (κ3) is 4.83. The fourth-order valence-corrected chi connectivity index (χ4v) is 3.87. The van der Waals surface area contributed by atoms with E-state index in [-0.39, 0.29) is 11.8 Å². The molecule has 0 radical (unpaired) electrons. The minimum absolute atomic E-state index is 0.124. The molecule has 2 aromatic rings. The number of rotatable bonds is 6. The van der Waals surface area contributed by atoms with Crippen molar-refractivity contribution in [2.24, 2.45) is 11.8 Å². The molecular formula is C23H25N2O4-. The Morgan fingerprint density at radius 1 is 0.966 bits per heavy atom. The van der Waals surface area contributed by atoms with Crippen molar-refractivity contribution in [1.82, 2.24) is 0 Å². The van der Waals surface area contributed by atoms with Crippen LogP contribution < -0.4 is 15.3 Å². The zero-order valence-corrected chi connectivity index (χ0v) is 16.5. The number of amides is 2. The van der Waals surface area contributed by atoms with Crippen LogP contribution in [-0.4, -0.2) is 24.3 Å². The molecule has 1 saturated carbocycles. The molecule has 2 aromatic carbocycles. The number of hydrogen-bond donors (Lipinski definition) is 1. The number of nitrogens with one attached hydrogen (secondary N) is 1. The van der Waals surface area contributed by atoms with Crippen LogP contribution in [0.3, 0.4) is 0 Å². The topological polar surface area (TPSA) is 89.5 Å². The molecule has 152 valence electrons. The van der Waals surface area contributed by atoms with Gasteiger partial charge in [-0.25, -0.2) is 0 Å². The van der Waals surface area contributed by atoms with E-state index in [4.69, 9.17) is 0 Å². The number of carbonyl (C=O) groups excluding carboxylic acids is 3. The van der Waals surface area contributed by atoms with Gasteiger partial charge < -0.3 is 20.1 Å². The molecule has 2 atom stereocenters. The van der Waals surface area contributed by atoms with Gasteiger partial charge in [-0.3, -0.25) is 9.59 Å². The minimum atomic E-state index is -1.16. The lowest BCUT2D eigenvalue weighted by atomic mass is 9.78. The van der Waals surface area contributed by atoms with Gasteiger partial charge in [-0.2, -0.15) is 0 Å². The molecular weight excluding hydrogens is 368 g/mol.